The van der Waals surface area contributed by atoms with E-state index in [0.29, 0.717) is 18.7 Å². The van der Waals surface area contributed by atoms with Crippen molar-refractivity contribution in [2.75, 3.05) is 19.6 Å². The van der Waals surface area contributed by atoms with Crippen LogP contribution in [0, 0.1) is 0 Å². The van der Waals surface area contributed by atoms with Crippen molar-refractivity contribution in [2.24, 2.45) is 5.73 Å². The third-order valence-corrected chi connectivity index (χ3v) is 4.57. The summed E-state index contributed by atoms with van der Waals surface area (Å²) in [6, 6.07) is 10.5. The van der Waals surface area contributed by atoms with Crippen LogP contribution < -0.4 is 16.4 Å². The van der Waals surface area contributed by atoms with E-state index in [2.05, 4.69) is 15.5 Å². The summed E-state index contributed by atoms with van der Waals surface area (Å²) < 4.78 is 5.55. The fourth-order valence-electron chi connectivity index (χ4n) is 3.21. The number of rotatable bonds is 7. The summed E-state index contributed by atoms with van der Waals surface area (Å²) in [5.41, 5.74) is 6.52. The number of nitrogens with zero attached hydrogens (tertiary/aromatic N) is 1. The standard InChI is InChI=1S/C19H24N4O3/c20-18(24)15-6-3-5-14(11-15)12-21-19(25)22-13-16(17-7-4-10-26-17)23-8-1-2-9-23/h3-7,10-11,16H,1-2,8-9,12-13H2,(H2,20,24)(H2,21,22,25). The van der Waals surface area contributed by atoms with Gasteiger partial charge in [-0.2, -0.15) is 0 Å². The van der Waals surface area contributed by atoms with Gasteiger partial charge in [-0.25, -0.2) is 4.79 Å². The number of primary amides is 1. The van der Waals surface area contributed by atoms with Gasteiger partial charge in [0, 0.05) is 18.7 Å². The molecule has 1 fully saturated rings. The van der Waals surface area contributed by atoms with Crippen molar-refractivity contribution in [3.63, 3.8) is 0 Å². The van der Waals surface area contributed by atoms with Gasteiger partial charge < -0.3 is 20.8 Å². The lowest BCUT2D eigenvalue weighted by Gasteiger charge is -2.26. The third kappa shape index (κ3) is 4.64. The molecular formula is C19H24N4O3. The first-order valence-corrected chi connectivity index (χ1v) is 8.81. The smallest absolute Gasteiger partial charge is 0.315 e. The highest BCUT2D eigenvalue weighted by molar-refractivity contribution is 5.92. The molecule has 1 aliphatic rings. The number of nitrogens with two attached hydrogens (primary N) is 1. The second-order valence-electron chi connectivity index (χ2n) is 6.40. The fourth-order valence-corrected chi connectivity index (χ4v) is 3.21. The Kier molecular flexibility index (Phi) is 5.91. The Balaban J connectivity index is 1.52. The minimum Gasteiger partial charge on any atom is -0.468 e. The van der Waals surface area contributed by atoms with Crippen molar-refractivity contribution < 1.29 is 14.0 Å². The van der Waals surface area contributed by atoms with E-state index in [1.165, 1.54) is 12.8 Å². The Bertz CT molecular complexity index is 739. The van der Waals surface area contributed by atoms with Crippen molar-refractivity contribution in [3.8, 4) is 0 Å². The molecule has 1 unspecified atom stereocenters. The average Bonchev–Trinajstić information content (AvgIpc) is 3.35. The van der Waals surface area contributed by atoms with Crippen LogP contribution >= 0.6 is 0 Å². The zero-order valence-electron chi connectivity index (χ0n) is 14.6. The van der Waals surface area contributed by atoms with Gasteiger partial charge in [-0.05, 0) is 55.8 Å². The topological polar surface area (TPSA) is 101 Å². The summed E-state index contributed by atoms with van der Waals surface area (Å²) in [5.74, 6) is 0.379. The van der Waals surface area contributed by atoms with Gasteiger partial charge in [-0.1, -0.05) is 12.1 Å². The van der Waals surface area contributed by atoms with Crippen LogP contribution in [0.3, 0.4) is 0 Å². The first kappa shape index (κ1) is 18.0. The van der Waals surface area contributed by atoms with E-state index in [9.17, 15) is 9.59 Å². The van der Waals surface area contributed by atoms with Crippen molar-refractivity contribution in [2.45, 2.75) is 25.4 Å². The monoisotopic (exact) mass is 356 g/mol. The Morgan fingerprint density at radius 3 is 2.65 bits per heavy atom. The molecular weight excluding hydrogens is 332 g/mol. The molecule has 2 heterocycles. The lowest BCUT2D eigenvalue weighted by atomic mass is 10.1. The lowest BCUT2D eigenvalue weighted by Crippen LogP contribution is -2.41. The second kappa shape index (κ2) is 8.53. The molecule has 7 nitrogen and oxygen atoms in total. The zero-order chi connectivity index (χ0) is 18.4. The van der Waals surface area contributed by atoms with Crippen LogP contribution in [-0.2, 0) is 6.54 Å². The molecule has 1 aromatic carbocycles. The fraction of sp³-hybridized carbons (Fsp3) is 0.368. The minimum atomic E-state index is -0.483. The molecule has 4 N–H and O–H groups in total. The number of likely N-dealkylation sites (tertiary alicyclic amines) is 1. The quantitative estimate of drug-likeness (QED) is 0.706. The Morgan fingerprint density at radius 2 is 1.96 bits per heavy atom. The van der Waals surface area contributed by atoms with Gasteiger partial charge in [0.1, 0.15) is 5.76 Å². The number of benzene rings is 1. The molecule has 0 bridgehead atoms. The maximum Gasteiger partial charge on any atom is 0.315 e. The molecule has 26 heavy (non-hydrogen) atoms. The third-order valence-electron chi connectivity index (χ3n) is 4.57. The summed E-state index contributed by atoms with van der Waals surface area (Å²) in [6.45, 7) is 2.81. The zero-order valence-corrected chi connectivity index (χ0v) is 14.6. The van der Waals surface area contributed by atoms with E-state index in [1.54, 1.807) is 24.5 Å². The number of nitrogens with one attached hydrogen (secondary N) is 2. The molecule has 3 amide bonds. The van der Waals surface area contributed by atoms with E-state index < -0.39 is 5.91 Å². The number of amides is 3. The van der Waals surface area contributed by atoms with Crippen molar-refractivity contribution in [1.29, 1.82) is 0 Å². The van der Waals surface area contributed by atoms with E-state index in [4.69, 9.17) is 10.2 Å². The predicted molar refractivity (Wildman–Crippen MR) is 97.5 cm³/mol. The molecule has 138 valence electrons. The first-order valence-electron chi connectivity index (χ1n) is 8.81. The van der Waals surface area contributed by atoms with Crippen LogP contribution in [0.5, 0.6) is 0 Å². The van der Waals surface area contributed by atoms with Crippen LogP contribution in [0.1, 0.15) is 40.6 Å². The maximum absolute atomic E-state index is 12.2. The summed E-state index contributed by atoms with van der Waals surface area (Å²) >= 11 is 0. The first-order chi connectivity index (χ1) is 12.6. The molecule has 2 aromatic rings. The Hall–Kier alpha value is -2.80. The van der Waals surface area contributed by atoms with Crippen LogP contribution in [0.15, 0.2) is 47.1 Å². The van der Waals surface area contributed by atoms with Gasteiger partial charge >= 0.3 is 6.03 Å². The van der Waals surface area contributed by atoms with Crippen LogP contribution in [-0.4, -0.2) is 36.5 Å². The molecule has 0 aliphatic carbocycles. The van der Waals surface area contributed by atoms with Crippen LogP contribution in [0.2, 0.25) is 0 Å². The number of carbonyl (C=O) groups is 2. The average molecular weight is 356 g/mol. The van der Waals surface area contributed by atoms with E-state index in [1.807, 2.05) is 18.2 Å². The van der Waals surface area contributed by atoms with Gasteiger partial charge in [0.05, 0.1) is 12.3 Å². The highest BCUT2D eigenvalue weighted by Gasteiger charge is 2.25. The molecule has 3 rings (SSSR count). The lowest BCUT2D eigenvalue weighted by molar-refractivity contribution is 0.1000. The molecule has 1 atom stereocenters. The number of carbonyl (C=O) groups excluding carboxylic acids is 2. The highest BCUT2D eigenvalue weighted by Crippen LogP contribution is 2.24. The summed E-state index contributed by atoms with van der Waals surface area (Å²) in [6.07, 6.45) is 3.99. The van der Waals surface area contributed by atoms with Crippen LogP contribution in [0.25, 0.3) is 0 Å². The van der Waals surface area contributed by atoms with Crippen molar-refractivity contribution in [3.05, 3.63) is 59.5 Å². The van der Waals surface area contributed by atoms with E-state index >= 15 is 0 Å². The normalized spacial score (nSPS) is 15.5. The molecule has 1 aromatic heterocycles. The van der Waals surface area contributed by atoms with Gasteiger partial charge in [0.2, 0.25) is 5.91 Å². The summed E-state index contributed by atoms with van der Waals surface area (Å²) in [5, 5.41) is 5.72. The predicted octanol–water partition coefficient (Wildman–Crippen LogP) is 2.01. The van der Waals surface area contributed by atoms with E-state index in [-0.39, 0.29) is 12.1 Å². The molecule has 7 heteroatoms. The number of hydrogen-bond acceptors (Lipinski definition) is 4. The van der Waals surface area contributed by atoms with Gasteiger partial charge in [0.15, 0.2) is 0 Å². The van der Waals surface area contributed by atoms with E-state index in [0.717, 1.165) is 24.4 Å². The largest absolute Gasteiger partial charge is 0.468 e. The molecule has 0 radical (unpaired) electrons. The number of hydrogen-bond donors (Lipinski definition) is 3. The minimum absolute atomic E-state index is 0.0384. The number of urea groups is 1. The molecule has 0 spiro atoms. The molecule has 1 saturated heterocycles. The Morgan fingerprint density at radius 1 is 1.15 bits per heavy atom. The van der Waals surface area contributed by atoms with Crippen LogP contribution in [0.4, 0.5) is 4.79 Å². The summed E-state index contributed by atoms with van der Waals surface area (Å²) in [4.78, 5) is 25.7. The number of furan rings is 1. The van der Waals surface area contributed by atoms with Gasteiger partial charge in [-0.15, -0.1) is 0 Å². The van der Waals surface area contributed by atoms with Gasteiger partial charge in [-0.3, -0.25) is 9.69 Å². The summed E-state index contributed by atoms with van der Waals surface area (Å²) in [7, 11) is 0. The SMILES string of the molecule is NC(=O)c1cccc(CNC(=O)NCC(c2ccco2)N2CCCC2)c1. The van der Waals surface area contributed by atoms with Gasteiger partial charge in [0.25, 0.3) is 0 Å². The highest BCUT2D eigenvalue weighted by atomic mass is 16.3. The Labute approximate surface area is 152 Å². The van der Waals surface area contributed by atoms with Crippen molar-refractivity contribution in [1.82, 2.24) is 15.5 Å². The molecule has 1 aliphatic heterocycles. The maximum atomic E-state index is 12.2. The second-order valence-corrected chi connectivity index (χ2v) is 6.40. The molecule has 0 saturated carbocycles. The van der Waals surface area contributed by atoms with Crippen molar-refractivity contribution >= 4 is 11.9 Å².